The average molecular weight is 232 g/mol. The molecule has 0 spiro atoms. The lowest BCUT2D eigenvalue weighted by molar-refractivity contribution is 0.903. The minimum atomic E-state index is 1.09. The van der Waals surface area contributed by atoms with Gasteiger partial charge in [0.1, 0.15) is 0 Å². The van der Waals surface area contributed by atoms with Gasteiger partial charge in [0.15, 0.2) is 0 Å². The summed E-state index contributed by atoms with van der Waals surface area (Å²) in [5, 5.41) is 0. The van der Waals surface area contributed by atoms with Gasteiger partial charge in [0.2, 0.25) is 0 Å². The second kappa shape index (κ2) is 10.1. The molecular formula is C17H28. The predicted molar refractivity (Wildman–Crippen MR) is 80.2 cm³/mol. The summed E-state index contributed by atoms with van der Waals surface area (Å²) in [7, 11) is 0. The van der Waals surface area contributed by atoms with Gasteiger partial charge in [-0.1, -0.05) is 34.9 Å². The van der Waals surface area contributed by atoms with E-state index in [9.17, 15) is 0 Å². The van der Waals surface area contributed by atoms with Crippen LogP contribution in [-0.2, 0) is 0 Å². The summed E-state index contributed by atoms with van der Waals surface area (Å²) in [6.45, 7) is 14.2. The SMILES string of the molecule is C=CCCC(C)=CCCC(C)=CCCC(=C)C. The standard InChI is InChI=1S/C17H28/c1-6-7-11-16(4)13-9-14-17(5)12-8-10-15(2)3/h6,12-13H,1-2,7-11,14H2,3-5H3. The van der Waals surface area contributed by atoms with Crippen LogP contribution in [0, 0.1) is 0 Å². The van der Waals surface area contributed by atoms with Crippen LogP contribution >= 0.6 is 0 Å². The Morgan fingerprint density at radius 1 is 0.824 bits per heavy atom. The van der Waals surface area contributed by atoms with Crippen molar-refractivity contribution in [1.82, 2.24) is 0 Å². The normalized spacial score (nSPS) is 12.6. The Bertz CT molecular complexity index is 289. The van der Waals surface area contributed by atoms with Crippen molar-refractivity contribution in [2.24, 2.45) is 0 Å². The lowest BCUT2D eigenvalue weighted by Gasteiger charge is -2.01. The molecule has 0 aliphatic carbocycles. The van der Waals surface area contributed by atoms with Gasteiger partial charge in [0, 0.05) is 0 Å². The summed E-state index contributed by atoms with van der Waals surface area (Å²) >= 11 is 0. The zero-order valence-electron chi connectivity index (χ0n) is 11.9. The first-order valence-corrected chi connectivity index (χ1v) is 6.62. The summed E-state index contributed by atoms with van der Waals surface area (Å²) < 4.78 is 0. The Hall–Kier alpha value is -1.04. The Labute approximate surface area is 108 Å². The van der Waals surface area contributed by atoms with E-state index in [1.165, 1.54) is 29.6 Å². The van der Waals surface area contributed by atoms with Gasteiger partial charge < -0.3 is 0 Å². The zero-order valence-corrected chi connectivity index (χ0v) is 11.9. The van der Waals surface area contributed by atoms with E-state index in [0.29, 0.717) is 0 Å². The van der Waals surface area contributed by atoms with Gasteiger partial charge in [-0.05, 0) is 59.3 Å². The summed E-state index contributed by atoms with van der Waals surface area (Å²) in [5.74, 6) is 0. The van der Waals surface area contributed by atoms with Gasteiger partial charge in [0.05, 0.1) is 0 Å². The highest BCUT2D eigenvalue weighted by Crippen LogP contribution is 2.12. The molecular weight excluding hydrogens is 204 g/mol. The van der Waals surface area contributed by atoms with Crippen LogP contribution in [0.25, 0.3) is 0 Å². The molecule has 0 rings (SSSR count). The predicted octanol–water partition coefficient (Wildman–Crippen LogP) is 5.98. The summed E-state index contributed by atoms with van der Waals surface area (Å²) in [4.78, 5) is 0. The smallest absolute Gasteiger partial charge is 0.0288 e. The minimum Gasteiger partial charge on any atom is -0.103 e. The molecule has 0 aromatic carbocycles. The van der Waals surface area contributed by atoms with Crippen molar-refractivity contribution in [3.8, 4) is 0 Å². The maximum atomic E-state index is 3.92. The zero-order chi connectivity index (χ0) is 13.1. The molecule has 0 heteroatoms. The van der Waals surface area contributed by atoms with Crippen molar-refractivity contribution in [2.45, 2.75) is 59.3 Å². The van der Waals surface area contributed by atoms with Crippen molar-refractivity contribution >= 4 is 0 Å². The third-order valence-electron chi connectivity index (χ3n) is 2.84. The van der Waals surface area contributed by atoms with Crippen LogP contribution in [0.15, 0.2) is 48.1 Å². The lowest BCUT2D eigenvalue weighted by Crippen LogP contribution is -1.81. The van der Waals surface area contributed by atoms with Crippen LogP contribution in [0.4, 0.5) is 0 Å². The van der Waals surface area contributed by atoms with Crippen LogP contribution in [0.3, 0.4) is 0 Å². The van der Waals surface area contributed by atoms with Crippen molar-refractivity contribution in [3.63, 3.8) is 0 Å². The molecule has 0 unspecified atom stereocenters. The van der Waals surface area contributed by atoms with E-state index < -0.39 is 0 Å². The van der Waals surface area contributed by atoms with Gasteiger partial charge in [0.25, 0.3) is 0 Å². The van der Waals surface area contributed by atoms with E-state index in [1.807, 2.05) is 6.08 Å². The Balaban J connectivity index is 3.78. The summed E-state index contributed by atoms with van der Waals surface area (Å²) in [6, 6.07) is 0. The number of hydrogen-bond acceptors (Lipinski definition) is 0. The highest BCUT2D eigenvalue weighted by atomic mass is 14.0. The van der Waals surface area contributed by atoms with E-state index in [2.05, 4.69) is 46.1 Å². The third-order valence-corrected chi connectivity index (χ3v) is 2.84. The molecule has 0 heterocycles. The molecule has 0 aromatic heterocycles. The van der Waals surface area contributed by atoms with E-state index in [4.69, 9.17) is 0 Å². The first kappa shape index (κ1) is 16.0. The van der Waals surface area contributed by atoms with Crippen molar-refractivity contribution in [3.05, 3.63) is 48.1 Å². The number of rotatable bonds is 9. The third kappa shape index (κ3) is 11.2. The molecule has 0 amide bonds. The molecule has 0 bridgehead atoms. The van der Waals surface area contributed by atoms with Crippen molar-refractivity contribution < 1.29 is 0 Å². The largest absolute Gasteiger partial charge is 0.103 e. The minimum absolute atomic E-state index is 1.09. The van der Waals surface area contributed by atoms with Gasteiger partial charge in [-0.15, -0.1) is 13.2 Å². The molecule has 0 aliphatic heterocycles. The van der Waals surface area contributed by atoms with E-state index in [0.717, 1.165) is 25.7 Å². The van der Waals surface area contributed by atoms with Crippen LogP contribution in [0.1, 0.15) is 59.3 Å². The molecule has 0 aromatic rings. The van der Waals surface area contributed by atoms with Crippen LogP contribution in [0.5, 0.6) is 0 Å². The second-order valence-corrected chi connectivity index (χ2v) is 4.96. The maximum absolute atomic E-state index is 3.92. The van der Waals surface area contributed by atoms with Crippen molar-refractivity contribution in [2.75, 3.05) is 0 Å². The van der Waals surface area contributed by atoms with Gasteiger partial charge in [-0.25, -0.2) is 0 Å². The first-order valence-electron chi connectivity index (χ1n) is 6.62. The molecule has 17 heavy (non-hydrogen) atoms. The molecule has 0 atom stereocenters. The molecule has 0 saturated heterocycles. The second-order valence-electron chi connectivity index (χ2n) is 4.96. The van der Waals surface area contributed by atoms with E-state index >= 15 is 0 Å². The van der Waals surface area contributed by atoms with Gasteiger partial charge in [-0.2, -0.15) is 0 Å². The van der Waals surface area contributed by atoms with Crippen LogP contribution in [0.2, 0.25) is 0 Å². The Morgan fingerprint density at radius 2 is 1.29 bits per heavy atom. The highest BCUT2D eigenvalue weighted by molar-refractivity contribution is 5.05. The molecule has 0 N–H and O–H groups in total. The quantitative estimate of drug-likeness (QED) is 0.429. The fourth-order valence-corrected chi connectivity index (χ4v) is 1.65. The number of hydrogen-bond donors (Lipinski definition) is 0. The molecule has 96 valence electrons. The topological polar surface area (TPSA) is 0 Å². The Morgan fingerprint density at radius 3 is 1.76 bits per heavy atom. The van der Waals surface area contributed by atoms with Gasteiger partial charge in [-0.3, -0.25) is 0 Å². The van der Waals surface area contributed by atoms with Crippen LogP contribution < -0.4 is 0 Å². The summed E-state index contributed by atoms with van der Waals surface area (Å²) in [6.07, 6.45) is 13.5. The fourth-order valence-electron chi connectivity index (χ4n) is 1.65. The lowest BCUT2D eigenvalue weighted by atomic mass is 10.1. The molecule has 0 saturated carbocycles. The maximum Gasteiger partial charge on any atom is -0.0288 e. The van der Waals surface area contributed by atoms with E-state index in [1.54, 1.807) is 0 Å². The number of allylic oxidation sites excluding steroid dienone is 6. The van der Waals surface area contributed by atoms with Gasteiger partial charge >= 0.3 is 0 Å². The Kier molecular flexibility index (Phi) is 9.52. The molecule has 0 fully saturated rings. The summed E-state index contributed by atoms with van der Waals surface area (Å²) in [5.41, 5.74) is 4.26. The highest BCUT2D eigenvalue weighted by Gasteiger charge is 1.91. The molecule has 0 aliphatic rings. The monoisotopic (exact) mass is 232 g/mol. The fraction of sp³-hybridized carbons (Fsp3) is 0.529. The van der Waals surface area contributed by atoms with Crippen LogP contribution in [-0.4, -0.2) is 0 Å². The first-order chi connectivity index (χ1) is 8.06. The van der Waals surface area contributed by atoms with E-state index in [-0.39, 0.29) is 0 Å². The average Bonchev–Trinajstić information content (AvgIpc) is 2.25. The molecule has 0 radical (unpaired) electrons. The molecule has 0 nitrogen and oxygen atoms in total. The van der Waals surface area contributed by atoms with Crippen molar-refractivity contribution in [1.29, 1.82) is 0 Å².